The highest BCUT2D eigenvalue weighted by atomic mass is 16.6. The summed E-state index contributed by atoms with van der Waals surface area (Å²) in [7, 11) is 0. The van der Waals surface area contributed by atoms with Crippen molar-refractivity contribution in [2.24, 2.45) is 5.92 Å². The van der Waals surface area contributed by atoms with E-state index < -0.39 is 5.60 Å². The van der Waals surface area contributed by atoms with Gasteiger partial charge in [0.15, 0.2) is 0 Å². The van der Waals surface area contributed by atoms with E-state index in [9.17, 15) is 9.90 Å². The summed E-state index contributed by atoms with van der Waals surface area (Å²) >= 11 is 0. The quantitative estimate of drug-likeness (QED) is 0.911. The average molecular weight is 291 g/mol. The topological polar surface area (TPSA) is 49.8 Å². The number of benzene rings is 1. The van der Waals surface area contributed by atoms with Gasteiger partial charge in [0.05, 0.1) is 0 Å². The number of carbonyl (C=O) groups is 1. The van der Waals surface area contributed by atoms with Crippen molar-refractivity contribution in [1.82, 2.24) is 4.90 Å². The molecule has 116 valence electrons. The molecule has 0 unspecified atom stereocenters. The molecule has 2 atom stereocenters. The summed E-state index contributed by atoms with van der Waals surface area (Å²) < 4.78 is 5.42. The third-order valence-corrected chi connectivity index (χ3v) is 3.85. The van der Waals surface area contributed by atoms with Gasteiger partial charge in [0.1, 0.15) is 5.60 Å². The maximum Gasteiger partial charge on any atom is 0.410 e. The third kappa shape index (κ3) is 4.21. The van der Waals surface area contributed by atoms with E-state index in [1.54, 1.807) is 4.90 Å². The van der Waals surface area contributed by atoms with E-state index in [1.807, 2.05) is 39.0 Å². The van der Waals surface area contributed by atoms with Gasteiger partial charge in [-0.3, -0.25) is 0 Å². The Balaban J connectivity index is 2.03. The molecule has 1 aromatic carbocycles. The number of aliphatic hydroxyl groups excluding tert-OH is 1. The van der Waals surface area contributed by atoms with E-state index >= 15 is 0 Å². The molecule has 0 aliphatic carbocycles. The molecule has 0 bridgehead atoms. The van der Waals surface area contributed by atoms with Crippen molar-refractivity contribution in [2.75, 3.05) is 19.7 Å². The Kier molecular flexibility index (Phi) is 4.88. The number of rotatable bonds is 2. The number of likely N-dealkylation sites (tertiary alicyclic amines) is 1. The number of piperidine rings is 1. The Morgan fingerprint density at radius 3 is 2.57 bits per heavy atom. The molecule has 2 rings (SSSR count). The lowest BCUT2D eigenvalue weighted by molar-refractivity contribution is 0.0102. The van der Waals surface area contributed by atoms with Crippen molar-refractivity contribution >= 4 is 6.09 Å². The van der Waals surface area contributed by atoms with Gasteiger partial charge in [0.25, 0.3) is 0 Å². The van der Waals surface area contributed by atoms with Gasteiger partial charge in [0.2, 0.25) is 0 Å². The second-order valence-corrected chi connectivity index (χ2v) is 6.67. The van der Waals surface area contributed by atoms with Gasteiger partial charge < -0.3 is 14.7 Å². The first-order valence-corrected chi connectivity index (χ1v) is 7.54. The van der Waals surface area contributed by atoms with Crippen LogP contribution < -0.4 is 0 Å². The Hall–Kier alpha value is -1.55. The lowest BCUT2D eigenvalue weighted by atomic mass is 9.81. The van der Waals surface area contributed by atoms with Crippen molar-refractivity contribution in [3.8, 4) is 0 Å². The largest absolute Gasteiger partial charge is 0.444 e. The lowest BCUT2D eigenvalue weighted by Gasteiger charge is -2.38. The van der Waals surface area contributed by atoms with E-state index in [0.29, 0.717) is 19.0 Å². The van der Waals surface area contributed by atoms with Crippen LogP contribution in [0.2, 0.25) is 0 Å². The van der Waals surface area contributed by atoms with Gasteiger partial charge >= 0.3 is 6.09 Å². The van der Waals surface area contributed by atoms with E-state index in [1.165, 1.54) is 5.56 Å². The second kappa shape index (κ2) is 6.48. The zero-order valence-corrected chi connectivity index (χ0v) is 13.1. The van der Waals surface area contributed by atoms with Gasteiger partial charge in [-0.15, -0.1) is 0 Å². The van der Waals surface area contributed by atoms with Crippen LogP contribution in [0.15, 0.2) is 30.3 Å². The molecule has 1 amide bonds. The molecular formula is C17H25NO3. The summed E-state index contributed by atoms with van der Waals surface area (Å²) in [6.45, 7) is 6.90. The molecule has 1 aliphatic rings. The van der Waals surface area contributed by atoms with Gasteiger partial charge in [-0.25, -0.2) is 4.79 Å². The van der Waals surface area contributed by atoms with Gasteiger partial charge in [0, 0.05) is 25.6 Å². The fraction of sp³-hybridized carbons (Fsp3) is 0.588. The molecule has 4 heteroatoms. The van der Waals surface area contributed by atoms with Gasteiger partial charge in [-0.1, -0.05) is 30.3 Å². The number of ether oxygens (including phenoxy) is 1. The van der Waals surface area contributed by atoms with Crippen LogP contribution in [0.25, 0.3) is 0 Å². The van der Waals surface area contributed by atoms with Crippen LogP contribution in [-0.2, 0) is 4.74 Å². The van der Waals surface area contributed by atoms with Crippen molar-refractivity contribution in [3.63, 3.8) is 0 Å². The predicted molar refractivity (Wildman–Crippen MR) is 82.2 cm³/mol. The number of hydrogen-bond acceptors (Lipinski definition) is 3. The Morgan fingerprint density at radius 2 is 2.00 bits per heavy atom. The van der Waals surface area contributed by atoms with E-state index in [4.69, 9.17) is 4.74 Å². The van der Waals surface area contributed by atoms with Crippen LogP contribution in [0.1, 0.15) is 38.7 Å². The summed E-state index contributed by atoms with van der Waals surface area (Å²) in [4.78, 5) is 13.9. The van der Waals surface area contributed by atoms with Crippen molar-refractivity contribution in [1.29, 1.82) is 0 Å². The molecule has 0 saturated carbocycles. The number of nitrogens with zero attached hydrogens (tertiary/aromatic N) is 1. The van der Waals surface area contributed by atoms with Gasteiger partial charge in [-0.05, 0) is 38.7 Å². The van der Waals surface area contributed by atoms with Crippen LogP contribution in [0, 0.1) is 5.92 Å². The summed E-state index contributed by atoms with van der Waals surface area (Å²) in [6.07, 6.45) is 0.571. The number of amides is 1. The first-order chi connectivity index (χ1) is 9.90. The number of aliphatic hydroxyl groups is 1. The van der Waals surface area contributed by atoms with Crippen LogP contribution in [-0.4, -0.2) is 41.4 Å². The highest BCUT2D eigenvalue weighted by Gasteiger charge is 2.33. The van der Waals surface area contributed by atoms with Crippen molar-refractivity contribution in [3.05, 3.63) is 35.9 Å². The predicted octanol–water partition coefficient (Wildman–Crippen LogP) is 3.02. The number of hydrogen-bond donors (Lipinski definition) is 1. The molecule has 1 fully saturated rings. The van der Waals surface area contributed by atoms with Crippen LogP contribution in [0.4, 0.5) is 4.79 Å². The van der Waals surface area contributed by atoms with E-state index in [-0.39, 0.29) is 18.6 Å². The minimum absolute atomic E-state index is 0.0636. The second-order valence-electron chi connectivity index (χ2n) is 6.67. The molecule has 0 aromatic heterocycles. The zero-order valence-electron chi connectivity index (χ0n) is 13.1. The highest BCUT2D eigenvalue weighted by Crippen LogP contribution is 2.33. The molecule has 21 heavy (non-hydrogen) atoms. The molecular weight excluding hydrogens is 266 g/mol. The Bertz CT molecular complexity index is 467. The molecule has 1 aromatic rings. The summed E-state index contributed by atoms with van der Waals surface area (Å²) in [6, 6.07) is 10.2. The SMILES string of the molecule is CC(C)(C)OC(=O)N1CC[C@@H](c2ccccc2)[C@H](CO)C1. The standard InChI is InChI=1S/C17H25NO3/c1-17(2,3)21-16(20)18-10-9-15(14(11-18)12-19)13-7-5-4-6-8-13/h4-8,14-15,19H,9-12H2,1-3H3/t14-,15-/m0/s1. The third-order valence-electron chi connectivity index (χ3n) is 3.85. The first kappa shape index (κ1) is 15.8. The minimum Gasteiger partial charge on any atom is -0.444 e. The summed E-state index contributed by atoms with van der Waals surface area (Å²) in [5, 5.41) is 9.68. The van der Waals surface area contributed by atoms with Gasteiger partial charge in [-0.2, -0.15) is 0 Å². The summed E-state index contributed by atoms with van der Waals surface area (Å²) in [5.41, 5.74) is 0.752. The summed E-state index contributed by atoms with van der Waals surface area (Å²) in [5.74, 6) is 0.364. The number of carbonyl (C=O) groups excluding carboxylic acids is 1. The fourth-order valence-corrected chi connectivity index (χ4v) is 2.85. The van der Waals surface area contributed by atoms with Crippen molar-refractivity contribution < 1.29 is 14.6 Å². The Morgan fingerprint density at radius 1 is 1.33 bits per heavy atom. The first-order valence-electron chi connectivity index (χ1n) is 7.54. The molecule has 1 heterocycles. The zero-order chi connectivity index (χ0) is 15.5. The molecule has 0 spiro atoms. The maximum atomic E-state index is 12.1. The molecule has 1 N–H and O–H groups in total. The normalized spacial score (nSPS) is 23.0. The molecule has 1 saturated heterocycles. The van der Waals surface area contributed by atoms with E-state index in [0.717, 1.165) is 6.42 Å². The minimum atomic E-state index is -0.484. The molecule has 0 radical (unpaired) electrons. The Labute approximate surface area is 126 Å². The highest BCUT2D eigenvalue weighted by molar-refractivity contribution is 5.68. The van der Waals surface area contributed by atoms with E-state index in [2.05, 4.69) is 12.1 Å². The van der Waals surface area contributed by atoms with Crippen LogP contribution in [0.5, 0.6) is 0 Å². The smallest absolute Gasteiger partial charge is 0.410 e. The fourth-order valence-electron chi connectivity index (χ4n) is 2.85. The van der Waals surface area contributed by atoms with Crippen LogP contribution >= 0.6 is 0 Å². The molecule has 1 aliphatic heterocycles. The van der Waals surface area contributed by atoms with Crippen molar-refractivity contribution in [2.45, 2.75) is 38.7 Å². The maximum absolute atomic E-state index is 12.1. The van der Waals surface area contributed by atoms with Crippen LogP contribution in [0.3, 0.4) is 0 Å². The average Bonchev–Trinajstić information content (AvgIpc) is 2.45. The molecule has 4 nitrogen and oxygen atoms in total. The lowest BCUT2D eigenvalue weighted by Crippen LogP contribution is -2.46. The monoisotopic (exact) mass is 291 g/mol.